The molecule has 2 aromatic rings. The van der Waals surface area contributed by atoms with Crippen molar-refractivity contribution in [3.8, 4) is 11.5 Å². The number of hydrogen-bond acceptors (Lipinski definition) is 4. The summed E-state index contributed by atoms with van der Waals surface area (Å²) in [6.45, 7) is 2.03. The van der Waals surface area contributed by atoms with Gasteiger partial charge >= 0.3 is 0 Å². The molecule has 0 amide bonds. The van der Waals surface area contributed by atoms with Crippen molar-refractivity contribution in [2.24, 2.45) is 0 Å². The quantitative estimate of drug-likeness (QED) is 0.812. The van der Waals surface area contributed by atoms with Crippen molar-refractivity contribution in [2.75, 3.05) is 20.3 Å². The molecule has 0 fully saturated rings. The zero-order chi connectivity index (χ0) is 16.7. The van der Waals surface area contributed by atoms with Crippen LogP contribution in [0.5, 0.6) is 11.5 Å². The van der Waals surface area contributed by atoms with Crippen molar-refractivity contribution >= 4 is 0 Å². The van der Waals surface area contributed by atoms with Gasteiger partial charge in [0.1, 0.15) is 18.5 Å². The first-order valence-corrected chi connectivity index (χ1v) is 7.37. The predicted molar refractivity (Wildman–Crippen MR) is 85.3 cm³/mol. The molecule has 0 bridgehead atoms. The van der Waals surface area contributed by atoms with Gasteiger partial charge in [0.15, 0.2) is 11.6 Å². The van der Waals surface area contributed by atoms with Gasteiger partial charge in [-0.05, 0) is 24.6 Å². The Labute approximate surface area is 135 Å². The first kappa shape index (κ1) is 17.2. The lowest BCUT2D eigenvalue weighted by Gasteiger charge is -2.14. The first-order valence-electron chi connectivity index (χ1n) is 7.37. The molecule has 124 valence electrons. The van der Waals surface area contributed by atoms with Crippen LogP contribution in [0.3, 0.4) is 0 Å². The molecule has 0 saturated carbocycles. The second-order valence-electron chi connectivity index (χ2n) is 5.18. The highest BCUT2D eigenvalue weighted by Gasteiger charge is 2.10. The second-order valence-corrected chi connectivity index (χ2v) is 5.18. The van der Waals surface area contributed by atoms with Gasteiger partial charge in [-0.25, -0.2) is 4.39 Å². The maximum Gasteiger partial charge on any atom is 0.167 e. The Kier molecular flexibility index (Phi) is 6.38. The summed E-state index contributed by atoms with van der Waals surface area (Å²) in [6, 6.07) is 12.4. The molecule has 0 heterocycles. The average molecular weight is 320 g/mol. The topological polar surface area (TPSA) is 47.9 Å². The van der Waals surface area contributed by atoms with E-state index in [0.29, 0.717) is 12.2 Å². The monoisotopic (exact) mass is 320 g/mol. The number of hydrogen-bond donors (Lipinski definition) is 1. The van der Waals surface area contributed by atoms with E-state index in [1.165, 1.54) is 6.07 Å². The van der Waals surface area contributed by atoms with E-state index in [-0.39, 0.29) is 19.0 Å². The molecule has 4 nitrogen and oxygen atoms in total. The Morgan fingerprint density at radius 1 is 1.04 bits per heavy atom. The molecule has 2 rings (SSSR count). The van der Waals surface area contributed by atoms with Gasteiger partial charge in [-0.1, -0.05) is 30.3 Å². The lowest BCUT2D eigenvalue weighted by atomic mass is 10.2. The number of aryl methyl sites for hydroxylation is 1. The van der Waals surface area contributed by atoms with Crippen molar-refractivity contribution < 1.29 is 23.7 Å². The molecule has 0 aliphatic heterocycles. The fourth-order valence-corrected chi connectivity index (χ4v) is 2.09. The Morgan fingerprint density at radius 3 is 2.57 bits per heavy atom. The zero-order valence-electron chi connectivity index (χ0n) is 13.3. The van der Waals surface area contributed by atoms with E-state index >= 15 is 0 Å². The number of halogens is 1. The van der Waals surface area contributed by atoms with Crippen molar-refractivity contribution in [1.82, 2.24) is 0 Å². The maximum atomic E-state index is 13.8. The molecule has 5 heteroatoms. The third-order valence-corrected chi connectivity index (χ3v) is 3.35. The minimum atomic E-state index is -0.843. The summed E-state index contributed by atoms with van der Waals surface area (Å²) in [6.07, 6.45) is -0.843. The summed E-state index contributed by atoms with van der Waals surface area (Å²) < 4.78 is 29.7. The number of aliphatic hydroxyl groups is 1. The Morgan fingerprint density at radius 2 is 1.78 bits per heavy atom. The van der Waals surface area contributed by atoms with Crippen LogP contribution < -0.4 is 9.47 Å². The van der Waals surface area contributed by atoms with Gasteiger partial charge in [-0.15, -0.1) is 0 Å². The van der Waals surface area contributed by atoms with Gasteiger partial charge in [0.05, 0.1) is 20.3 Å². The standard InChI is InChI=1S/C18H21FO4/c1-13-6-5-9-17(18(13)19)23-12-15(20)11-22-10-14-7-3-4-8-16(14)21-2/h3-9,15,20H,10-12H2,1-2H3. The molecule has 0 aromatic heterocycles. The van der Waals surface area contributed by atoms with Crippen LogP contribution in [-0.2, 0) is 11.3 Å². The highest BCUT2D eigenvalue weighted by Crippen LogP contribution is 2.20. The summed E-state index contributed by atoms with van der Waals surface area (Å²) >= 11 is 0. The fraction of sp³-hybridized carbons (Fsp3) is 0.333. The number of rotatable bonds is 8. The highest BCUT2D eigenvalue weighted by atomic mass is 19.1. The lowest BCUT2D eigenvalue weighted by Crippen LogP contribution is -2.23. The van der Waals surface area contributed by atoms with Crippen molar-refractivity contribution in [1.29, 1.82) is 0 Å². The Bertz CT molecular complexity index is 630. The second kappa shape index (κ2) is 8.50. The summed E-state index contributed by atoms with van der Waals surface area (Å²) in [5.41, 5.74) is 1.40. The molecule has 1 N–H and O–H groups in total. The Hall–Kier alpha value is -2.11. The van der Waals surface area contributed by atoms with E-state index < -0.39 is 11.9 Å². The van der Waals surface area contributed by atoms with Crippen LogP contribution in [0.4, 0.5) is 4.39 Å². The predicted octanol–water partition coefficient (Wildman–Crippen LogP) is 3.10. The minimum Gasteiger partial charge on any atom is -0.496 e. The molecule has 1 atom stereocenters. The van der Waals surface area contributed by atoms with Crippen molar-refractivity contribution in [3.63, 3.8) is 0 Å². The van der Waals surface area contributed by atoms with Gasteiger partial charge in [0, 0.05) is 5.56 Å². The van der Waals surface area contributed by atoms with Crippen LogP contribution in [0, 0.1) is 12.7 Å². The molecule has 0 aliphatic rings. The highest BCUT2D eigenvalue weighted by molar-refractivity contribution is 5.32. The first-order chi connectivity index (χ1) is 11.1. The van der Waals surface area contributed by atoms with Gasteiger partial charge in [0.25, 0.3) is 0 Å². The Balaban J connectivity index is 1.77. The minimum absolute atomic E-state index is 0.0354. The van der Waals surface area contributed by atoms with Crippen molar-refractivity contribution in [2.45, 2.75) is 19.6 Å². The number of para-hydroxylation sites is 1. The number of methoxy groups -OCH3 is 1. The molecule has 23 heavy (non-hydrogen) atoms. The summed E-state index contributed by atoms with van der Waals surface area (Å²) in [7, 11) is 1.60. The molecule has 0 spiro atoms. The third kappa shape index (κ3) is 4.94. The van der Waals surface area contributed by atoms with E-state index in [4.69, 9.17) is 14.2 Å². The van der Waals surface area contributed by atoms with E-state index in [1.807, 2.05) is 24.3 Å². The summed E-state index contributed by atoms with van der Waals surface area (Å²) in [4.78, 5) is 0. The average Bonchev–Trinajstić information content (AvgIpc) is 2.56. The SMILES string of the molecule is COc1ccccc1COCC(O)COc1cccc(C)c1F. The van der Waals surface area contributed by atoms with Crippen molar-refractivity contribution in [3.05, 3.63) is 59.4 Å². The van der Waals surface area contributed by atoms with Gasteiger partial charge in [-0.2, -0.15) is 0 Å². The van der Waals surface area contributed by atoms with Crippen LogP contribution in [0.1, 0.15) is 11.1 Å². The maximum absolute atomic E-state index is 13.8. The van der Waals surface area contributed by atoms with Crippen LogP contribution >= 0.6 is 0 Å². The lowest BCUT2D eigenvalue weighted by molar-refractivity contribution is 0.00437. The van der Waals surface area contributed by atoms with Gasteiger partial charge in [-0.3, -0.25) is 0 Å². The molecular formula is C18H21FO4. The van der Waals surface area contributed by atoms with E-state index in [1.54, 1.807) is 26.2 Å². The van der Waals surface area contributed by atoms with Crippen LogP contribution in [-0.4, -0.2) is 31.5 Å². The van der Waals surface area contributed by atoms with Crippen LogP contribution in [0.2, 0.25) is 0 Å². The molecule has 1 unspecified atom stereocenters. The summed E-state index contributed by atoms with van der Waals surface area (Å²) in [5.74, 6) is 0.462. The molecule has 0 saturated heterocycles. The van der Waals surface area contributed by atoms with Crippen LogP contribution in [0.15, 0.2) is 42.5 Å². The summed E-state index contributed by atoms with van der Waals surface area (Å²) in [5, 5.41) is 9.87. The van der Waals surface area contributed by atoms with E-state index in [0.717, 1.165) is 11.3 Å². The molecular weight excluding hydrogens is 299 g/mol. The third-order valence-electron chi connectivity index (χ3n) is 3.35. The van der Waals surface area contributed by atoms with Gasteiger partial charge in [0.2, 0.25) is 0 Å². The van der Waals surface area contributed by atoms with Gasteiger partial charge < -0.3 is 19.3 Å². The normalized spacial score (nSPS) is 12.0. The molecule has 0 aliphatic carbocycles. The zero-order valence-corrected chi connectivity index (χ0v) is 13.3. The molecule has 2 aromatic carbocycles. The van der Waals surface area contributed by atoms with E-state index in [2.05, 4.69) is 0 Å². The number of aliphatic hydroxyl groups excluding tert-OH is 1. The smallest absolute Gasteiger partial charge is 0.167 e. The largest absolute Gasteiger partial charge is 0.496 e. The fourth-order valence-electron chi connectivity index (χ4n) is 2.09. The number of benzene rings is 2. The number of ether oxygens (including phenoxy) is 3. The molecule has 0 radical (unpaired) electrons. The van der Waals surface area contributed by atoms with E-state index in [9.17, 15) is 9.50 Å². The van der Waals surface area contributed by atoms with Crippen LogP contribution in [0.25, 0.3) is 0 Å².